The predicted molar refractivity (Wildman–Crippen MR) is 85.8 cm³/mol. The molecule has 1 aromatic heterocycles. The van der Waals surface area contributed by atoms with E-state index in [0.717, 1.165) is 18.0 Å². The van der Waals surface area contributed by atoms with Gasteiger partial charge in [-0.2, -0.15) is 0 Å². The Morgan fingerprint density at radius 2 is 2.14 bits per heavy atom. The maximum atomic E-state index is 6.64. The number of para-hydroxylation sites is 1. The van der Waals surface area contributed by atoms with Gasteiger partial charge in [-0.3, -0.25) is 9.88 Å². The van der Waals surface area contributed by atoms with Crippen LogP contribution in [0, 0.1) is 11.8 Å². The van der Waals surface area contributed by atoms with Crippen LogP contribution in [0.2, 0.25) is 0 Å². The van der Waals surface area contributed by atoms with Gasteiger partial charge in [0.05, 0.1) is 5.52 Å². The van der Waals surface area contributed by atoms with Gasteiger partial charge in [-0.05, 0) is 36.0 Å². The van der Waals surface area contributed by atoms with Gasteiger partial charge in [-0.15, -0.1) is 6.58 Å². The second-order valence-electron chi connectivity index (χ2n) is 6.36. The van der Waals surface area contributed by atoms with Crippen LogP contribution in [-0.4, -0.2) is 29.0 Å². The number of nitrogens with zero attached hydrogens (tertiary/aromatic N) is 2. The molecule has 2 fully saturated rings. The van der Waals surface area contributed by atoms with Crippen LogP contribution in [0.1, 0.15) is 18.0 Å². The van der Waals surface area contributed by atoms with Crippen molar-refractivity contribution in [3.05, 3.63) is 54.7 Å². The molecular formula is C18H21N3. The van der Waals surface area contributed by atoms with Gasteiger partial charge in [0.15, 0.2) is 0 Å². The quantitative estimate of drug-likeness (QED) is 0.878. The second-order valence-corrected chi connectivity index (χ2v) is 6.36. The first-order valence-electron chi connectivity index (χ1n) is 7.74. The number of benzene rings is 1. The van der Waals surface area contributed by atoms with Crippen LogP contribution in [0.3, 0.4) is 0 Å². The number of hydrogen-bond acceptors (Lipinski definition) is 3. The second kappa shape index (κ2) is 4.93. The fourth-order valence-corrected chi connectivity index (χ4v) is 4.17. The first-order chi connectivity index (χ1) is 10.3. The van der Waals surface area contributed by atoms with E-state index in [2.05, 4.69) is 46.8 Å². The molecule has 0 aliphatic carbocycles. The third kappa shape index (κ3) is 2.00. The molecule has 3 heteroatoms. The van der Waals surface area contributed by atoms with E-state index >= 15 is 0 Å². The number of hydrogen-bond donors (Lipinski definition) is 1. The Bertz CT molecular complexity index is 676. The molecule has 108 valence electrons. The topological polar surface area (TPSA) is 42.1 Å². The summed E-state index contributed by atoms with van der Waals surface area (Å²) < 4.78 is 0. The Labute approximate surface area is 125 Å². The first kappa shape index (κ1) is 13.0. The molecular weight excluding hydrogens is 258 g/mol. The van der Waals surface area contributed by atoms with Crippen molar-refractivity contribution < 1.29 is 0 Å². The summed E-state index contributed by atoms with van der Waals surface area (Å²) in [5.74, 6) is 1.40. The molecule has 1 unspecified atom stereocenters. The van der Waals surface area contributed by atoms with Crippen LogP contribution >= 0.6 is 0 Å². The summed E-state index contributed by atoms with van der Waals surface area (Å²) >= 11 is 0. The van der Waals surface area contributed by atoms with E-state index in [1.165, 1.54) is 23.9 Å². The predicted octanol–water partition coefficient (Wildman–Crippen LogP) is 2.74. The maximum absolute atomic E-state index is 6.64. The number of piperidine rings is 1. The van der Waals surface area contributed by atoms with Gasteiger partial charge in [0.25, 0.3) is 0 Å². The van der Waals surface area contributed by atoms with Crippen molar-refractivity contribution in [2.45, 2.75) is 18.5 Å². The summed E-state index contributed by atoms with van der Waals surface area (Å²) in [7, 11) is 0. The molecule has 21 heavy (non-hydrogen) atoms. The molecule has 4 rings (SSSR count). The van der Waals surface area contributed by atoms with Gasteiger partial charge in [-0.25, -0.2) is 0 Å². The molecule has 1 aromatic carbocycles. The zero-order valence-electron chi connectivity index (χ0n) is 12.2. The molecule has 2 bridgehead atoms. The number of nitrogens with two attached hydrogens (primary N) is 1. The first-order valence-corrected chi connectivity index (χ1v) is 7.74. The average molecular weight is 279 g/mol. The number of pyridine rings is 1. The standard InChI is InChI=1S/C18H21N3/c1-2-12-10-21-11-13(12)9-17(21)18(19)15-7-8-20-16-6-4-3-5-14(15)16/h2-8,12-13,17-18H,1,9-11,19H2/t12-,13+,17-,18-/m0/s1. The highest BCUT2D eigenvalue weighted by molar-refractivity contribution is 5.82. The van der Waals surface area contributed by atoms with Crippen LogP contribution in [0.4, 0.5) is 0 Å². The van der Waals surface area contributed by atoms with Crippen LogP contribution in [0.15, 0.2) is 49.2 Å². The fourth-order valence-electron chi connectivity index (χ4n) is 4.17. The highest BCUT2D eigenvalue weighted by Gasteiger charge is 2.45. The maximum Gasteiger partial charge on any atom is 0.0705 e. The van der Waals surface area contributed by atoms with Crippen molar-refractivity contribution in [1.82, 2.24) is 9.88 Å². The molecule has 0 amide bonds. The zero-order chi connectivity index (χ0) is 14.4. The summed E-state index contributed by atoms with van der Waals surface area (Å²) in [6, 6.07) is 10.9. The van der Waals surface area contributed by atoms with Gasteiger partial charge in [0.1, 0.15) is 0 Å². The Hall–Kier alpha value is -1.71. The SMILES string of the molecule is C=C[C@H]1CN2C[C@H]1C[C@H]2[C@@H](N)c1ccnc2ccccc12. The molecule has 2 N–H and O–H groups in total. The van der Waals surface area contributed by atoms with Crippen LogP contribution in [0.25, 0.3) is 10.9 Å². The monoisotopic (exact) mass is 279 g/mol. The summed E-state index contributed by atoms with van der Waals surface area (Å²) in [5, 5.41) is 1.19. The summed E-state index contributed by atoms with van der Waals surface area (Å²) in [6.45, 7) is 6.26. The van der Waals surface area contributed by atoms with Gasteiger partial charge in [0.2, 0.25) is 0 Å². The Morgan fingerprint density at radius 3 is 2.90 bits per heavy atom. The van der Waals surface area contributed by atoms with E-state index < -0.39 is 0 Å². The molecule has 0 radical (unpaired) electrons. The fraction of sp³-hybridized carbons (Fsp3) is 0.389. The van der Waals surface area contributed by atoms with Crippen molar-refractivity contribution in [3.63, 3.8) is 0 Å². The lowest BCUT2D eigenvalue weighted by Gasteiger charge is -2.33. The van der Waals surface area contributed by atoms with E-state index in [-0.39, 0.29) is 6.04 Å². The molecule has 5 atom stereocenters. The summed E-state index contributed by atoms with van der Waals surface area (Å²) in [5.41, 5.74) is 8.91. The van der Waals surface area contributed by atoms with E-state index in [9.17, 15) is 0 Å². The lowest BCUT2D eigenvalue weighted by atomic mass is 9.85. The average Bonchev–Trinajstić information content (AvgIpc) is 3.13. The highest BCUT2D eigenvalue weighted by Crippen LogP contribution is 2.42. The Balaban J connectivity index is 1.66. The summed E-state index contributed by atoms with van der Waals surface area (Å²) in [6.07, 6.45) is 5.19. The van der Waals surface area contributed by atoms with Crippen LogP contribution in [0.5, 0.6) is 0 Å². The Kier molecular flexibility index (Phi) is 3.05. The minimum atomic E-state index is 0.0636. The number of rotatable bonds is 3. The largest absolute Gasteiger partial charge is 0.323 e. The van der Waals surface area contributed by atoms with Crippen molar-refractivity contribution in [2.75, 3.05) is 13.1 Å². The van der Waals surface area contributed by atoms with Crippen LogP contribution in [-0.2, 0) is 0 Å². The molecule has 2 aromatic rings. The van der Waals surface area contributed by atoms with Crippen molar-refractivity contribution in [1.29, 1.82) is 0 Å². The number of fused-ring (bicyclic) bond motifs is 3. The molecule has 2 aliphatic rings. The molecule has 2 aliphatic heterocycles. The highest BCUT2D eigenvalue weighted by atomic mass is 15.2. The van der Waals surface area contributed by atoms with E-state index in [0.29, 0.717) is 12.0 Å². The lowest BCUT2D eigenvalue weighted by Crippen LogP contribution is -2.40. The third-order valence-corrected chi connectivity index (χ3v) is 5.29. The smallest absolute Gasteiger partial charge is 0.0705 e. The van der Waals surface area contributed by atoms with Crippen molar-refractivity contribution in [3.8, 4) is 0 Å². The van der Waals surface area contributed by atoms with E-state index in [1.807, 2.05) is 12.3 Å². The van der Waals surface area contributed by atoms with E-state index in [4.69, 9.17) is 5.73 Å². The van der Waals surface area contributed by atoms with Crippen molar-refractivity contribution >= 4 is 10.9 Å². The molecule has 0 spiro atoms. The van der Waals surface area contributed by atoms with Crippen LogP contribution < -0.4 is 5.73 Å². The molecule has 3 nitrogen and oxygen atoms in total. The number of aromatic nitrogens is 1. The van der Waals surface area contributed by atoms with Gasteiger partial charge in [0, 0.05) is 36.8 Å². The van der Waals surface area contributed by atoms with Gasteiger partial charge in [-0.1, -0.05) is 24.3 Å². The Morgan fingerprint density at radius 1 is 1.29 bits per heavy atom. The summed E-state index contributed by atoms with van der Waals surface area (Å²) in [4.78, 5) is 6.99. The molecule has 2 saturated heterocycles. The van der Waals surface area contributed by atoms with Crippen molar-refractivity contribution in [2.24, 2.45) is 17.6 Å². The van der Waals surface area contributed by atoms with Gasteiger partial charge < -0.3 is 5.73 Å². The van der Waals surface area contributed by atoms with Gasteiger partial charge >= 0.3 is 0 Å². The minimum absolute atomic E-state index is 0.0636. The normalized spacial score (nSPS) is 32.4. The molecule has 3 heterocycles. The zero-order valence-corrected chi connectivity index (χ0v) is 12.2. The molecule has 0 saturated carbocycles. The minimum Gasteiger partial charge on any atom is -0.323 e. The van der Waals surface area contributed by atoms with E-state index in [1.54, 1.807) is 0 Å². The lowest BCUT2D eigenvalue weighted by molar-refractivity contribution is 0.209. The third-order valence-electron chi connectivity index (χ3n) is 5.29.